The fraction of sp³-hybridized carbons (Fsp3) is 0.560. The highest BCUT2D eigenvalue weighted by Crippen LogP contribution is 2.08. The number of carboxylic acids is 2. The summed E-state index contributed by atoms with van der Waals surface area (Å²) in [6.45, 7) is 0.407. The van der Waals surface area contributed by atoms with Gasteiger partial charge in [0, 0.05) is 12.8 Å². The minimum absolute atomic E-state index is 0.0318. The summed E-state index contributed by atoms with van der Waals surface area (Å²) in [7, 11) is 5.70. The van der Waals surface area contributed by atoms with Gasteiger partial charge in [-0.1, -0.05) is 48.6 Å². The van der Waals surface area contributed by atoms with Crippen LogP contribution in [0.15, 0.2) is 48.6 Å². The van der Waals surface area contributed by atoms with Gasteiger partial charge in [-0.05, 0) is 25.7 Å². The van der Waals surface area contributed by atoms with Crippen molar-refractivity contribution < 1.29 is 44.0 Å². The first-order valence-electron chi connectivity index (χ1n) is 11.4. The molecule has 0 aromatic carbocycles. The summed E-state index contributed by atoms with van der Waals surface area (Å²) >= 11 is 0. The molecule has 0 aromatic heterocycles. The van der Waals surface area contributed by atoms with Crippen LogP contribution in [-0.4, -0.2) is 88.8 Å². The second kappa shape index (κ2) is 17.7. The topological polar surface area (TPSA) is 141 Å². The van der Waals surface area contributed by atoms with E-state index in [1.54, 1.807) is 48.6 Å². The number of ether oxygens (including phenoxy) is 1. The first-order chi connectivity index (χ1) is 15.9. The van der Waals surface area contributed by atoms with Gasteiger partial charge < -0.3 is 29.6 Å². The summed E-state index contributed by atoms with van der Waals surface area (Å²) in [5.41, 5.74) is 0. The minimum Gasteiger partial charge on any atom is -0.481 e. The van der Waals surface area contributed by atoms with Crippen LogP contribution in [0.25, 0.3) is 0 Å². The van der Waals surface area contributed by atoms with Crippen molar-refractivity contribution in [3.05, 3.63) is 48.6 Å². The number of hydrogen-bond acceptors (Lipinski definition) is 6. The summed E-state index contributed by atoms with van der Waals surface area (Å²) in [6, 6.07) is 0. The number of aliphatic hydroxyl groups is 2. The van der Waals surface area contributed by atoms with E-state index in [2.05, 4.69) is 0 Å². The van der Waals surface area contributed by atoms with E-state index in [0.29, 0.717) is 36.7 Å². The van der Waals surface area contributed by atoms with Gasteiger partial charge >= 0.3 is 17.9 Å². The number of nitrogens with zero attached hydrogens (tertiary/aromatic N) is 1. The molecule has 34 heavy (non-hydrogen) atoms. The van der Waals surface area contributed by atoms with Crippen LogP contribution in [0.1, 0.15) is 44.9 Å². The second-order valence-electron chi connectivity index (χ2n) is 9.00. The summed E-state index contributed by atoms with van der Waals surface area (Å²) in [5.74, 6) is -2.34. The number of carbonyl (C=O) groups is 3. The maximum atomic E-state index is 12.0. The molecule has 0 amide bonds. The predicted octanol–water partition coefficient (Wildman–Crippen LogP) is 2.45. The molecule has 0 bridgehead atoms. The van der Waals surface area contributed by atoms with Crippen molar-refractivity contribution in [2.75, 3.05) is 27.7 Å². The van der Waals surface area contributed by atoms with Gasteiger partial charge in [-0.2, -0.15) is 0 Å². The Kier molecular flexibility index (Phi) is 16.3. The molecule has 0 heterocycles. The molecule has 0 aliphatic heterocycles. The van der Waals surface area contributed by atoms with Crippen LogP contribution in [0.2, 0.25) is 0 Å². The zero-order chi connectivity index (χ0) is 26.0. The number of quaternary nitrogens is 1. The van der Waals surface area contributed by atoms with Crippen LogP contribution >= 0.6 is 0 Å². The van der Waals surface area contributed by atoms with E-state index in [9.17, 15) is 24.6 Å². The third-order valence-corrected chi connectivity index (χ3v) is 4.40. The molecule has 0 radical (unpaired) electrons. The number of rotatable bonds is 18. The third-order valence-electron chi connectivity index (χ3n) is 4.40. The van der Waals surface area contributed by atoms with Crippen molar-refractivity contribution in [1.29, 1.82) is 0 Å². The lowest BCUT2D eigenvalue weighted by Crippen LogP contribution is -2.43. The van der Waals surface area contributed by atoms with E-state index in [4.69, 9.17) is 14.9 Å². The summed E-state index contributed by atoms with van der Waals surface area (Å²) in [6.07, 6.45) is 12.9. The summed E-state index contributed by atoms with van der Waals surface area (Å²) in [5, 5.41) is 37.1. The third kappa shape index (κ3) is 21.1. The van der Waals surface area contributed by atoms with Crippen molar-refractivity contribution >= 4 is 17.9 Å². The van der Waals surface area contributed by atoms with E-state index in [-0.39, 0.29) is 19.3 Å². The van der Waals surface area contributed by atoms with Crippen molar-refractivity contribution in [3.8, 4) is 0 Å². The highest BCUT2D eigenvalue weighted by atomic mass is 16.5. The second-order valence-corrected chi connectivity index (χ2v) is 9.00. The number of allylic oxidation sites excluding steroid dienone is 5. The molecule has 192 valence electrons. The molecule has 4 N–H and O–H groups in total. The van der Waals surface area contributed by atoms with Gasteiger partial charge in [0.1, 0.15) is 6.54 Å². The monoisotopic (exact) mass is 482 g/mol. The first kappa shape index (κ1) is 31.2. The van der Waals surface area contributed by atoms with Crippen LogP contribution < -0.4 is 0 Å². The SMILES string of the molecule is C[N+](C)(C)CC(CC(=O)O)OC(=O)CC/C=C\CC(O)/C=C/C=C/C=C/C(O)CCCC(=O)O. The van der Waals surface area contributed by atoms with Crippen LogP contribution in [-0.2, 0) is 19.1 Å². The first-order valence-corrected chi connectivity index (χ1v) is 11.4. The van der Waals surface area contributed by atoms with Gasteiger partial charge in [0.05, 0.1) is 39.8 Å². The molecule has 0 aliphatic rings. The smallest absolute Gasteiger partial charge is 0.307 e. The molecule has 0 aromatic rings. The molecule has 0 saturated heterocycles. The van der Waals surface area contributed by atoms with Gasteiger partial charge in [0.15, 0.2) is 6.10 Å². The Morgan fingerprint density at radius 3 is 2.03 bits per heavy atom. The minimum atomic E-state index is -1.01. The highest BCUT2D eigenvalue weighted by molar-refractivity contribution is 5.71. The number of esters is 1. The lowest BCUT2D eigenvalue weighted by atomic mass is 10.1. The molecule has 9 heteroatoms. The predicted molar refractivity (Wildman–Crippen MR) is 129 cm³/mol. The molecule has 9 nitrogen and oxygen atoms in total. The standard InChI is InChI=1S/C25H39NO8/c1-26(2,3)19-22(18-24(31)32)34-25(33)17-10-6-9-14-20(27)12-7-4-5-8-13-21(28)15-11-16-23(29)30/h4-9,12-13,20-22,27-28H,10-11,14-19H2,1-3H3,(H-,29,30,31,32)/p+1/b5-4+,9-6-,12-7+,13-8+. The zero-order valence-electron chi connectivity index (χ0n) is 20.4. The molecule has 0 aliphatic carbocycles. The number of carbonyl (C=O) groups excluding carboxylic acids is 1. The lowest BCUT2D eigenvalue weighted by Gasteiger charge is -2.28. The molecule has 0 spiro atoms. The molecular weight excluding hydrogens is 442 g/mol. The Bertz CT molecular complexity index is 734. The Morgan fingerprint density at radius 2 is 1.47 bits per heavy atom. The maximum absolute atomic E-state index is 12.0. The van der Waals surface area contributed by atoms with Crippen molar-refractivity contribution in [3.63, 3.8) is 0 Å². The molecule has 0 rings (SSSR count). The van der Waals surface area contributed by atoms with E-state index in [1.807, 2.05) is 21.1 Å². The number of aliphatic carboxylic acids is 2. The average Bonchev–Trinajstić information content (AvgIpc) is 2.68. The Balaban J connectivity index is 4.18. The zero-order valence-corrected chi connectivity index (χ0v) is 20.4. The molecular formula is C25H40NO8+. The van der Waals surface area contributed by atoms with E-state index < -0.39 is 36.2 Å². The lowest BCUT2D eigenvalue weighted by molar-refractivity contribution is -0.873. The highest BCUT2D eigenvalue weighted by Gasteiger charge is 2.24. The Labute approximate surface area is 201 Å². The van der Waals surface area contributed by atoms with E-state index >= 15 is 0 Å². The molecule has 3 unspecified atom stereocenters. The number of likely N-dealkylation sites (N-methyl/N-ethyl adjacent to an activating group) is 1. The van der Waals surface area contributed by atoms with Crippen molar-refractivity contribution in [2.24, 2.45) is 0 Å². The van der Waals surface area contributed by atoms with Crippen LogP contribution in [0, 0.1) is 0 Å². The Hall–Kier alpha value is -2.75. The molecule has 3 atom stereocenters. The Morgan fingerprint density at radius 1 is 0.853 bits per heavy atom. The van der Waals surface area contributed by atoms with Crippen LogP contribution in [0.4, 0.5) is 0 Å². The summed E-state index contributed by atoms with van der Waals surface area (Å²) in [4.78, 5) is 33.4. The quantitative estimate of drug-likeness (QED) is 0.101. The maximum Gasteiger partial charge on any atom is 0.307 e. The van der Waals surface area contributed by atoms with Gasteiger partial charge in [0.2, 0.25) is 0 Å². The van der Waals surface area contributed by atoms with Gasteiger partial charge in [-0.3, -0.25) is 14.4 Å². The van der Waals surface area contributed by atoms with E-state index in [1.165, 1.54) is 0 Å². The largest absolute Gasteiger partial charge is 0.481 e. The fourth-order valence-corrected chi connectivity index (χ4v) is 2.90. The van der Waals surface area contributed by atoms with Crippen LogP contribution in [0.5, 0.6) is 0 Å². The van der Waals surface area contributed by atoms with Gasteiger partial charge in [0.25, 0.3) is 0 Å². The van der Waals surface area contributed by atoms with E-state index in [0.717, 1.165) is 0 Å². The van der Waals surface area contributed by atoms with Crippen molar-refractivity contribution in [1.82, 2.24) is 0 Å². The number of hydrogen-bond donors (Lipinski definition) is 4. The van der Waals surface area contributed by atoms with Crippen LogP contribution in [0.3, 0.4) is 0 Å². The van der Waals surface area contributed by atoms with Crippen molar-refractivity contribution in [2.45, 2.75) is 63.3 Å². The number of aliphatic hydroxyl groups excluding tert-OH is 2. The average molecular weight is 483 g/mol. The summed E-state index contributed by atoms with van der Waals surface area (Å²) < 4.78 is 5.80. The normalized spacial score (nSPS) is 15.3. The molecule has 0 fully saturated rings. The fourth-order valence-electron chi connectivity index (χ4n) is 2.90. The van der Waals surface area contributed by atoms with Gasteiger partial charge in [-0.25, -0.2) is 0 Å². The number of carboxylic acid groups (broad SMARTS) is 2. The van der Waals surface area contributed by atoms with Gasteiger partial charge in [-0.15, -0.1) is 0 Å². The molecule has 0 saturated carbocycles.